The van der Waals surface area contributed by atoms with E-state index in [2.05, 4.69) is 15.6 Å². The first kappa shape index (κ1) is 18.7. The average molecular weight is 383 g/mol. The maximum atomic E-state index is 12.1. The van der Waals surface area contributed by atoms with Crippen molar-refractivity contribution >= 4 is 22.5 Å². The fourth-order valence-corrected chi connectivity index (χ4v) is 3.21. The van der Waals surface area contributed by atoms with E-state index in [1.807, 2.05) is 53.9 Å². The summed E-state index contributed by atoms with van der Waals surface area (Å²) in [5.74, 6) is 1.59. The zero-order valence-electron chi connectivity index (χ0n) is 15.2. The summed E-state index contributed by atoms with van der Waals surface area (Å²) >= 11 is 1.38. The van der Waals surface area contributed by atoms with Crippen LogP contribution in [0.2, 0.25) is 0 Å². The quantitative estimate of drug-likeness (QED) is 0.642. The van der Waals surface area contributed by atoms with E-state index in [9.17, 15) is 4.79 Å². The van der Waals surface area contributed by atoms with Crippen molar-refractivity contribution in [1.82, 2.24) is 10.3 Å². The van der Waals surface area contributed by atoms with Gasteiger partial charge in [0.25, 0.3) is 0 Å². The van der Waals surface area contributed by atoms with Crippen molar-refractivity contribution in [3.8, 4) is 22.8 Å². The highest BCUT2D eigenvalue weighted by atomic mass is 32.1. The van der Waals surface area contributed by atoms with Crippen LogP contribution in [-0.4, -0.2) is 31.8 Å². The van der Waals surface area contributed by atoms with Crippen LogP contribution in [0.5, 0.6) is 11.5 Å². The number of ether oxygens (including phenoxy) is 2. The van der Waals surface area contributed by atoms with Crippen molar-refractivity contribution in [3.63, 3.8) is 0 Å². The smallest absolute Gasteiger partial charge is 0.321 e. The Morgan fingerprint density at radius 3 is 2.59 bits per heavy atom. The van der Waals surface area contributed by atoms with Crippen molar-refractivity contribution in [2.45, 2.75) is 6.42 Å². The van der Waals surface area contributed by atoms with Gasteiger partial charge < -0.3 is 14.8 Å². The number of hydrogen-bond acceptors (Lipinski definition) is 5. The molecule has 3 rings (SSSR count). The molecule has 0 saturated heterocycles. The van der Waals surface area contributed by atoms with Crippen LogP contribution in [-0.2, 0) is 6.42 Å². The Kier molecular flexibility index (Phi) is 6.27. The molecule has 0 bridgehead atoms. The number of methoxy groups -OCH3 is 2. The number of thiazole rings is 1. The number of nitrogens with zero attached hydrogens (tertiary/aromatic N) is 1. The predicted octanol–water partition coefficient (Wildman–Crippen LogP) is 4.19. The van der Waals surface area contributed by atoms with Crippen LogP contribution < -0.4 is 20.1 Å². The fraction of sp³-hybridized carbons (Fsp3) is 0.200. The van der Waals surface area contributed by atoms with E-state index >= 15 is 0 Å². The van der Waals surface area contributed by atoms with Crippen molar-refractivity contribution in [2.24, 2.45) is 0 Å². The second-order valence-corrected chi connectivity index (χ2v) is 6.61. The molecule has 7 heteroatoms. The maximum Gasteiger partial charge on any atom is 0.321 e. The molecule has 2 N–H and O–H groups in total. The zero-order chi connectivity index (χ0) is 19.1. The standard InChI is InChI=1S/C20H21N3O3S/c1-25-16-8-6-14(7-9-16)10-11-21-19(24)23-20-22-18(13-27-20)15-4-3-5-17(12-15)26-2/h3-9,12-13H,10-11H2,1-2H3,(H2,21,22,23,24). The summed E-state index contributed by atoms with van der Waals surface area (Å²) in [6.45, 7) is 0.534. The lowest BCUT2D eigenvalue weighted by atomic mass is 10.1. The summed E-state index contributed by atoms with van der Waals surface area (Å²) in [5.41, 5.74) is 2.87. The van der Waals surface area contributed by atoms with E-state index in [1.54, 1.807) is 14.2 Å². The lowest BCUT2D eigenvalue weighted by Crippen LogP contribution is -2.30. The highest BCUT2D eigenvalue weighted by Gasteiger charge is 2.08. The summed E-state index contributed by atoms with van der Waals surface area (Å²) in [7, 11) is 3.27. The highest BCUT2D eigenvalue weighted by molar-refractivity contribution is 7.14. The van der Waals surface area contributed by atoms with Gasteiger partial charge in [0.15, 0.2) is 5.13 Å². The van der Waals surface area contributed by atoms with Crippen LogP contribution in [0.15, 0.2) is 53.9 Å². The van der Waals surface area contributed by atoms with E-state index in [-0.39, 0.29) is 6.03 Å². The van der Waals surface area contributed by atoms with Crippen LogP contribution in [0, 0.1) is 0 Å². The number of anilines is 1. The van der Waals surface area contributed by atoms with Crippen molar-refractivity contribution < 1.29 is 14.3 Å². The zero-order valence-corrected chi connectivity index (χ0v) is 16.0. The monoisotopic (exact) mass is 383 g/mol. The summed E-state index contributed by atoms with van der Waals surface area (Å²) < 4.78 is 10.4. The fourth-order valence-electron chi connectivity index (χ4n) is 2.50. The number of amides is 2. The molecular weight excluding hydrogens is 362 g/mol. The lowest BCUT2D eigenvalue weighted by Gasteiger charge is -2.06. The predicted molar refractivity (Wildman–Crippen MR) is 108 cm³/mol. The van der Waals surface area contributed by atoms with Gasteiger partial charge in [0.1, 0.15) is 11.5 Å². The minimum absolute atomic E-state index is 0.268. The lowest BCUT2D eigenvalue weighted by molar-refractivity contribution is 0.252. The van der Waals surface area contributed by atoms with Crippen LogP contribution in [0.25, 0.3) is 11.3 Å². The molecule has 0 aliphatic rings. The number of urea groups is 1. The number of benzene rings is 2. The molecule has 2 aromatic carbocycles. The summed E-state index contributed by atoms with van der Waals surface area (Å²) in [4.78, 5) is 16.5. The van der Waals surface area contributed by atoms with Gasteiger partial charge in [0, 0.05) is 17.5 Å². The molecule has 140 valence electrons. The topological polar surface area (TPSA) is 72.5 Å². The van der Waals surface area contributed by atoms with Gasteiger partial charge >= 0.3 is 6.03 Å². The molecule has 0 radical (unpaired) electrons. The molecule has 1 heterocycles. The number of carbonyl (C=O) groups is 1. The van der Waals surface area contributed by atoms with E-state index < -0.39 is 0 Å². The summed E-state index contributed by atoms with van der Waals surface area (Å²) in [5, 5.41) is 8.07. The van der Waals surface area contributed by atoms with Gasteiger partial charge in [-0.05, 0) is 36.2 Å². The number of rotatable bonds is 7. The van der Waals surface area contributed by atoms with Crippen molar-refractivity contribution in [1.29, 1.82) is 0 Å². The van der Waals surface area contributed by atoms with E-state index in [0.717, 1.165) is 34.7 Å². The summed E-state index contributed by atoms with van der Waals surface area (Å²) in [6.07, 6.45) is 0.740. The first-order chi connectivity index (χ1) is 13.2. The minimum Gasteiger partial charge on any atom is -0.497 e. The average Bonchev–Trinajstić information content (AvgIpc) is 3.17. The van der Waals surface area contributed by atoms with E-state index in [0.29, 0.717) is 11.7 Å². The van der Waals surface area contributed by atoms with Gasteiger partial charge in [0.2, 0.25) is 0 Å². The van der Waals surface area contributed by atoms with Crippen molar-refractivity contribution in [2.75, 3.05) is 26.1 Å². The molecule has 3 aromatic rings. The number of hydrogen-bond donors (Lipinski definition) is 2. The molecule has 0 spiro atoms. The molecule has 0 unspecified atom stereocenters. The van der Waals surface area contributed by atoms with Gasteiger partial charge in [-0.3, -0.25) is 5.32 Å². The van der Waals surface area contributed by atoms with Gasteiger partial charge in [-0.15, -0.1) is 11.3 Å². The molecule has 0 atom stereocenters. The summed E-state index contributed by atoms with van der Waals surface area (Å²) in [6, 6.07) is 15.2. The van der Waals surface area contributed by atoms with Gasteiger partial charge in [0.05, 0.1) is 19.9 Å². The van der Waals surface area contributed by atoms with E-state index in [1.165, 1.54) is 11.3 Å². The molecule has 27 heavy (non-hydrogen) atoms. The molecule has 0 saturated carbocycles. The number of aromatic nitrogens is 1. The van der Waals surface area contributed by atoms with Gasteiger partial charge in [-0.2, -0.15) is 0 Å². The normalized spacial score (nSPS) is 10.3. The first-order valence-electron chi connectivity index (χ1n) is 8.45. The third kappa shape index (κ3) is 5.21. The molecule has 6 nitrogen and oxygen atoms in total. The Bertz CT molecular complexity index is 893. The second-order valence-electron chi connectivity index (χ2n) is 5.75. The van der Waals surface area contributed by atoms with Crippen LogP contribution in [0.1, 0.15) is 5.56 Å². The highest BCUT2D eigenvalue weighted by Crippen LogP contribution is 2.27. The van der Waals surface area contributed by atoms with Gasteiger partial charge in [-0.25, -0.2) is 9.78 Å². The first-order valence-corrected chi connectivity index (χ1v) is 9.33. The molecular formula is C20H21N3O3S. The molecule has 0 aliphatic carbocycles. The molecule has 2 amide bonds. The maximum absolute atomic E-state index is 12.1. The Labute approximate surface area is 162 Å². The molecule has 0 aliphatic heterocycles. The molecule has 0 fully saturated rings. The largest absolute Gasteiger partial charge is 0.497 e. The van der Waals surface area contributed by atoms with E-state index in [4.69, 9.17) is 9.47 Å². The number of carbonyl (C=O) groups excluding carboxylic acids is 1. The SMILES string of the molecule is COc1ccc(CCNC(=O)Nc2nc(-c3cccc(OC)c3)cs2)cc1. The van der Waals surface area contributed by atoms with Gasteiger partial charge in [-0.1, -0.05) is 24.3 Å². The third-order valence-electron chi connectivity index (χ3n) is 3.95. The molecule has 1 aromatic heterocycles. The Balaban J connectivity index is 1.50. The Morgan fingerprint density at radius 2 is 1.85 bits per heavy atom. The van der Waals surface area contributed by atoms with Crippen LogP contribution in [0.4, 0.5) is 9.93 Å². The Hall–Kier alpha value is -3.06. The minimum atomic E-state index is -0.268. The second kappa shape index (κ2) is 9.05. The number of nitrogens with one attached hydrogen (secondary N) is 2. The van der Waals surface area contributed by atoms with Crippen molar-refractivity contribution in [3.05, 3.63) is 59.5 Å². The Morgan fingerprint density at radius 1 is 1.07 bits per heavy atom. The van der Waals surface area contributed by atoms with Crippen LogP contribution >= 0.6 is 11.3 Å². The van der Waals surface area contributed by atoms with Crippen LogP contribution in [0.3, 0.4) is 0 Å². The third-order valence-corrected chi connectivity index (χ3v) is 4.71.